The number of carbonyl (C=O) groups is 1. The molecule has 0 aliphatic carbocycles. The van der Waals surface area contributed by atoms with Gasteiger partial charge in [0, 0.05) is 0 Å². The smallest absolute Gasteiger partial charge is 0.337 e. The van der Waals surface area contributed by atoms with Crippen LogP contribution in [0, 0.1) is 6.92 Å². The first-order valence-electron chi connectivity index (χ1n) is 5.88. The standard InChI is InChI=1S/C11H9N5O4S2/c1-5-14-15-11(21-5)22(19,20)16-7-4-2-3-6(9(17)18)8(7)13-10(16)12/h2-4H,1H3,(H2,12,13)(H,17,18). The molecule has 0 atom stereocenters. The van der Waals surface area contributed by atoms with Gasteiger partial charge in [0.05, 0.1) is 11.1 Å². The Bertz CT molecular complexity index is 1000. The summed E-state index contributed by atoms with van der Waals surface area (Å²) in [6, 6.07) is 4.17. The number of nitrogens with two attached hydrogens (primary N) is 1. The maximum atomic E-state index is 12.6. The van der Waals surface area contributed by atoms with E-state index in [2.05, 4.69) is 15.2 Å². The molecular formula is C11H9N5O4S2. The van der Waals surface area contributed by atoms with Crippen LogP contribution in [0.1, 0.15) is 15.4 Å². The molecule has 11 heteroatoms. The number of para-hydroxylation sites is 1. The summed E-state index contributed by atoms with van der Waals surface area (Å²) in [5, 5.41) is 16.9. The Morgan fingerprint density at radius 1 is 1.36 bits per heavy atom. The fourth-order valence-corrected chi connectivity index (χ4v) is 4.40. The molecule has 3 N–H and O–H groups in total. The van der Waals surface area contributed by atoms with E-state index in [0.717, 1.165) is 15.3 Å². The highest BCUT2D eigenvalue weighted by Gasteiger charge is 2.28. The van der Waals surface area contributed by atoms with Crippen molar-refractivity contribution in [2.75, 3.05) is 5.73 Å². The van der Waals surface area contributed by atoms with E-state index in [0.29, 0.717) is 5.01 Å². The van der Waals surface area contributed by atoms with Crippen LogP contribution in [-0.4, -0.2) is 38.6 Å². The molecule has 3 rings (SSSR count). The highest BCUT2D eigenvalue weighted by Crippen LogP contribution is 2.27. The second-order valence-electron chi connectivity index (χ2n) is 4.30. The number of hydrogen-bond donors (Lipinski definition) is 2. The Kier molecular flexibility index (Phi) is 3.11. The summed E-state index contributed by atoms with van der Waals surface area (Å²) in [4.78, 5) is 15.1. The van der Waals surface area contributed by atoms with Crippen LogP contribution in [0.5, 0.6) is 0 Å². The number of carboxylic acid groups (broad SMARTS) is 1. The number of aromatic carboxylic acids is 1. The number of imidazole rings is 1. The molecule has 0 aliphatic heterocycles. The van der Waals surface area contributed by atoms with Gasteiger partial charge in [-0.2, -0.15) is 12.4 Å². The van der Waals surface area contributed by atoms with Crippen LogP contribution in [0.15, 0.2) is 22.5 Å². The second-order valence-corrected chi connectivity index (χ2v) is 7.45. The lowest BCUT2D eigenvalue weighted by Crippen LogP contribution is -2.15. The number of anilines is 1. The molecule has 0 aliphatic rings. The van der Waals surface area contributed by atoms with Crippen molar-refractivity contribution in [3.63, 3.8) is 0 Å². The molecule has 0 amide bonds. The van der Waals surface area contributed by atoms with Crippen LogP contribution in [0.2, 0.25) is 0 Å². The zero-order chi connectivity index (χ0) is 16.1. The lowest BCUT2D eigenvalue weighted by atomic mass is 10.2. The van der Waals surface area contributed by atoms with E-state index >= 15 is 0 Å². The van der Waals surface area contributed by atoms with Crippen molar-refractivity contribution in [1.82, 2.24) is 19.2 Å². The van der Waals surface area contributed by atoms with Crippen molar-refractivity contribution in [2.24, 2.45) is 0 Å². The maximum Gasteiger partial charge on any atom is 0.337 e. The lowest BCUT2D eigenvalue weighted by molar-refractivity contribution is 0.0699. The predicted molar refractivity (Wildman–Crippen MR) is 78.3 cm³/mol. The third kappa shape index (κ3) is 2.02. The van der Waals surface area contributed by atoms with Crippen molar-refractivity contribution < 1.29 is 18.3 Å². The van der Waals surface area contributed by atoms with E-state index < -0.39 is 16.0 Å². The number of carboxylic acids is 1. The van der Waals surface area contributed by atoms with Crippen molar-refractivity contribution in [1.29, 1.82) is 0 Å². The van der Waals surface area contributed by atoms with Gasteiger partial charge in [-0.05, 0) is 19.1 Å². The van der Waals surface area contributed by atoms with Crippen LogP contribution < -0.4 is 5.73 Å². The molecule has 0 unspecified atom stereocenters. The number of rotatable bonds is 3. The molecule has 1 aromatic carbocycles. The average molecular weight is 339 g/mol. The Morgan fingerprint density at radius 2 is 2.09 bits per heavy atom. The van der Waals surface area contributed by atoms with Gasteiger partial charge in [0.15, 0.2) is 0 Å². The van der Waals surface area contributed by atoms with Gasteiger partial charge in [0.2, 0.25) is 5.95 Å². The first kappa shape index (κ1) is 14.4. The highest BCUT2D eigenvalue weighted by atomic mass is 32.2. The topological polar surface area (TPSA) is 141 Å². The minimum atomic E-state index is -4.09. The fourth-order valence-electron chi connectivity index (χ4n) is 1.98. The van der Waals surface area contributed by atoms with E-state index in [9.17, 15) is 13.2 Å². The summed E-state index contributed by atoms with van der Waals surface area (Å²) in [6.07, 6.45) is 0. The number of aromatic nitrogens is 4. The highest BCUT2D eigenvalue weighted by molar-refractivity contribution is 7.92. The first-order valence-corrected chi connectivity index (χ1v) is 8.14. The minimum Gasteiger partial charge on any atom is -0.478 e. The van der Waals surface area contributed by atoms with Crippen LogP contribution in [0.3, 0.4) is 0 Å². The monoisotopic (exact) mass is 339 g/mol. The summed E-state index contributed by atoms with van der Waals surface area (Å²) in [6.45, 7) is 1.62. The molecule has 0 saturated heterocycles. The summed E-state index contributed by atoms with van der Waals surface area (Å²) in [7, 11) is -4.09. The van der Waals surface area contributed by atoms with Gasteiger partial charge in [-0.15, -0.1) is 10.2 Å². The number of fused-ring (bicyclic) bond motifs is 1. The average Bonchev–Trinajstić information content (AvgIpc) is 3.01. The largest absolute Gasteiger partial charge is 0.478 e. The van der Waals surface area contributed by atoms with Gasteiger partial charge >= 0.3 is 5.97 Å². The van der Waals surface area contributed by atoms with E-state index in [4.69, 9.17) is 10.8 Å². The SMILES string of the molecule is Cc1nnc(S(=O)(=O)n2c(N)nc3c(C(=O)O)cccc32)s1. The van der Waals surface area contributed by atoms with Crippen LogP contribution in [0.25, 0.3) is 11.0 Å². The molecule has 0 fully saturated rings. The number of aryl methyl sites for hydroxylation is 1. The third-order valence-electron chi connectivity index (χ3n) is 2.87. The molecule has 0 bridgehead atoms. The lowest BCUT2D eigenvalue weighted by Gasteiger charge is -2.04. The van der Waals surface area contributed by atoms with E-state index in [1.54, 1.807) is 6.92 Å². The maximum absolute atomic E-state index is 12.6. The van der Waals surface area contributed by atoms with E-state index in [1.807, 2.05) is 0 Å². The van der Waals surface area contributed by atoms with Gasteiger partial charge in [-0.25, -0.2) is 9.78 Å². The molecule has 3 aromatic rings. The Labute approximate surface area is 128 Å². The molecule has 2 heterocycles. The van der Waals surface area contributed by atoms with E-state index in [-0.39, 0.29) is 26.9 Å². The quantitative estimate of drug-likeness (QED) is 0.710. The van der Waals surface area contributed by atoms with Gasteiger partial charge < -0.3 is 10.8 Å². The first-order chi connectivity index (χ1) is 10.3. The molecular weight excluding hydrogens is 330 g/mol. The van der Waals surface area contributed by atoms with Crippen molar-refractivity contribution in [3.8, 4) is 0 Å². The molecule has 0 spiro atoms. The molecule has 114 valence electrons. The Morgan fingerprint density at radius 3 is 2.68 bits per heavy atom. The predicted octanol–water partition coefficient (Wildman–Crippen LogP) is 0.714. The zero-order valence-corrected chi connectivity index (χ0v) is 12.7. The summed E-state index contributed by atoms with van der Waals surface area (Å²) in [5.41, 5.74) is 5.63. The normalized spacial score (nSPS) is 11.9. The Balaban J connectivity index is 2.35. The van der Waals surface area contributed by atoms with Crippen LogP contribution in [0.4, 0.5) is 5.95 Å². The molecule has 9 nitrogen and oxygen atoms in total. The number of hydrogen-bond acceptors (Lipinski definition) is 8. The van der Waals surface area contributed by atoms with Gasteiger partial charge in [-0.1, -0.05) is 17.4 Å². The van der Waals surface area contributed by atoms with E-state index in [1.165, 1.54) is 18.2 Å². The number of nitrogens with zero attached hydrogens (tertiary/aromatic N) is 4. The zero-order valence-electron chi connectivity index (χ0n) is 11.1. The van der Waals surface area contributed by atoms with Crippen molar-refractivity contribution in [3.05, 3.63) is 28.8 Å². The van der Waals surface area contributed by atoms with Crippen LogP contribution in [-0.2, 0) is 10.0 Å². The Hall–Kier alpha value is -2.53. The number of nitrogen functional groups attached to an aromatic ring is 1. The molecule has 2 aromatic heterocycles. The minimum absolute atomic E-state index is 0.00249. The van der Waals surface area contributed by atoms with Gasteiger partial charge in [0.1, 0.15) is 10.5 Å². The van der Waals surface area contributed by atoms with Crippen molar-refractivity contribution >= 4 is 44.3 Å². The number of benzene rings is 1. The fraction of sp³-hybridized carbons (Fsp3) is 0.0909. The van der Waals surface area contributed by atoms with Gasteiger partial charge in [0.25, 0.3) is 14.4 Å². The van der Waals surface area contributed by atoms with Gasteiger partial charge in [-0.3, -0.25) is 0 Å². The summed E-state index contributed by atoms with van der Waals surface area (Å²) >= 11 is 0.890. The summed E-state index contributed by atoms with van der Waals surface area (Å²) in [5.74, 6) is -1.56. The van der Waals surface area contributed by atoms with Crippen molar-refractivity contribution in [2.45, 2.75) is 11.3 Å². The molecule has 0 radical (unpaired) electrons. The molecule has 22 heavy (non-hydrogen) atoms. The molecule has 0 saturated carbocycles. The second kappa shape index (κ2) is 4.74. The summed E-state index contributed by atoms with van der Waals surface area (Å²) < 4.78 is 25.8. The third-order valence-corrected chi connectivity index (χ3v) is 5.77. The van der Waals surface area contributed by atoms with Crippen LogP contribution >= 0.6 is 11.3 Å².